The number of halogens is 1. The Labute approximate surface area is 142 Å². The molecule has 3 rings (SSSR count). The Balaban J connectivity index is 2.14. The minimum Gasteiger partial charge on any atom is -0.508 e. The maximum atomic E-state index is 12.7. The van der Waals surface area contributed by atoms with Gasteiger partial charge in [0.2, 0.25) is 0 Å². The maximum Gasteiger partial charge on any atom is 0.323 e. The average Bonchev–Trinajstić information content (AvgIpc) is 2.47. The van der Waals surface area contributed by atoms with Crippen molar-refractivity contribution in [2.75, 3.05) is 5.32 Å². The summed E-state index contributed by atoms with van der Waals surface area (Å²) in [5, 5.41) is 21.8. The first-order valence-corrected chi connectivity index (χ1v) is 7.91. The summed E-state index contributed by atoms with van der Waals surface area (Å²) in [6.45, 7) is -0.550. The molecular formula is C16H16ClN3O4. The lowest BCUT2D eigenvalue weighted by Gasteiger charge is -2.27. The molecule has 1 fully saturated rings. The van der Waals surface area contributed by atoms with Crippen molar-refractivity contribution in [2.45, 2.75) is 31.8 Å². The lowest BCUT2D eigenvalue weighted by molar-refractivity contribution is -0.137. The summed E-state index contributed by atoms with van der Waals surface area (Å²) in [7, 11) is 0. The van der Waals surface area contributed by atoms with Crippen molar-refractivity contribution in [3.05, 3.63) is 39.8 Å². The zero-order valence-electron chi connectivity index (χ0n) is 12.7. The molecule has 0 atom stereocenters. The highest BCUT2D eigenvalue weighted by molar-refractivity contribution is 6.32. The van der Waals surface area contributed by atoms with Crippen LogP contribution in [0.5, 0.6) is 5.75 Å². The fourth-order valence-corrected chi connectivity index (χ4v) is 2.89. The van der Waals surface area contributed by atoms with E-state index >= 15 is 0 Å². The topological polar surface area (TPSA) is 104 Å². The Hall–Kier alpha value is -2.54. The molecule has 1 saturated carbocycles. The van der Waals surface area contributed by atoms with Crippen molar-refractivity contribution in [1.82, 2.24) is 9.55 Å². The van der Waals surface area contributed by atoms with Crippen molar-refractivity contribution < 1.29 is 15.0 Å². The molecule has 0 bridgehead atoms. The SMILES string of the molecule is O=C(O)Cn1c(-c2cccc(O)c2)c(Cl)nc(NC2CCC2)c1=O. The second-order valence-corrected chi connectivity index (χ2v) is 6.07. The number of carboxylic acid groups (broad SMARTS) is 1. The van der Waals surface area contributed by atoms with E-state index in [0.29, 0.717) is 5.56 Å². The summed E-state index contributed by atoms with van der Waals surface area (Å²) in [6.07, 6.45) is 2.95. The smallest absolute Gasteiger partial charge is 0.323 e. The van der Waals surface area contributed by atoms with Gasteiger partial charge in [0, 0.05) is 11.6 Å². The summed E-state index contributed by atoms with van der Waals surface area (Å²) >= 11 is 6.24. The van der Waals surface area contributed by atoms with E-state index in [1.807, 2.05) is 0 Å². The fraction of sp³-hybridized carbons (Fsp3) is 0.312. The standard InChI is InChI=1S/C16H16ClN3O4/c17-14-13(9-3-1-6-11(21)7-9)20(8-12(22)23)16(24)15(19-14)18-10-4-2-5-10/h1,3,6-7,10,21H,2,4-5,8H2,(H,18,19)(H,22,23). The molecule has 126 valence electrons. The molecule has 1 heterocycles. The molecule has 0 saturated heterocycles. The molecule has 1 aliphatic carbocycles. The molecule has 8 heteroatoms. The number of aromatic nitrogens is 2. The molecule has 0 aliphatic heterocycles. The normalized spacial score (nSPS) is 14.2. The molecule has 7 nitrogen and oxygen atoms in total. The molecule has 0 spiro atoms. The van der Waals surface area contributed by atoms with Gasteiger partial charge in [-0.25, -0.2) is 4.98 Å². The van der Waals surface area contributed by atoms with Gasteiger partial charge in [-0.3, -0.25) is 14.2 Å². The van der Waals surface area contributed by atoms with Crippen LogP contribution in [0.4, 0.5) is 5.82 Å². The number of nitrogens with zero attached hydrogens (tertiary/aromatic N) is 2. The van der Waals surface area contributed by atoms with Gasteiger partial charge in [0.1, 0.15) is 12.3 Å². The number of phenolic OH excluding ortho intramolecular Hbond substituents is 1. The van der Waals surface area contributed by atoms with Gasteiger partial charge in [0.15, 0.2) is 11.0 Å². The first kappa shape index (κ1) is 16.3. The van der Waals surface area contributed by atoms with Gasteiger partial charge in [0.05, 0.1) is 5.69 Å². The summed E-state index contributed by atoms with van der Waals surface area (Å²) in [6, 6.07) is 6.24. The van der Waals surface area contributed by atoms with Crippen LogP contribution >= 0.6 is 11.6 Å². The van der Waals surface area contributed by atoms with Crippen molar-refractivity contribution >= 4 is 23.4 Å². The van der Waals surface area contributed by atoms with Gasteiger partial charge in [-0.15, -0.1) is 0 Å². The van der Waals surface area contributed by atoms with E-state index in [2.05, 4.69) is 10.3 Å². The Kier molecular flexibility index (Phi) is 4.44. The first-order chi connectivity index (χ1) is 11.5. The van der Waals surface area contributed by atoms with E-state index in [9.17, 15) is 14.7 Å². The highest BCUT2D eigenvalue weighted by atomic mass is 35.5. The minimum absolute atomic E-state index is 0.00303. The Morgan fingerprint density at radius 2 is 2.17 bits per heavy atom. The molecule has 0 unspecified atom stereocenters. The number of hydrogen-bond donors (Lipinski definition) is 3. The lowest BCUT2D eigenvalue weighted by Crippen LogP contribution is -2.35. The predicted molar refractivity (Wildman–Crippen MR) is 89.5 cm³/mol. The van der Waals surface area contributed by atoms with Crippen LogP contribution in [0.3, 0.4) is 0 Å². The molecule has 24 heavy (non-hydrogen) atoms. The lowest BCUT2D eigenvalue weighted by atomic mass is 9.93. The predicted octanol–water partition coefficient (Wildman–Crippen LogP) is 2.32. The van der Waals surface area contributed by atoms with Gasteiger partial charge < -0.3 is 15.5 Å². The third-order valence-corrected chi connectivity index (χ3v) is 4.25. The van der Waals surface area contributed by atoms with E-state index in [0.717, 1.165) is 23.8 Å². The van der Waals surface area contributed by atoms with Gasteiger partial charge in [-0.05, 0) is 31.4 Å². The Bertz CT molecular complexity index is 846. The molecule has 3 N–H and O–H groups in total. The Morgan fingerprint density at radius 3 is 2.75 bits per heavy atom. The quantitative estimate of drug-likeness (QED) is 0.765. The van der Waals surface area contributed by atoms with Crippen LogP contribution in [-0.4, -0.2) is 31.8 Å². The van der Waals surface area contributed by atoms with Crippen molar-refractivity contribution in [1.29, 1.82) is 0 Å². The van der Waals surface area contributed by atoms with Crippen LogP contribution in [0.15, 0.2) is 29.1 Å². The number of carbonyl (C=O) groups is 1. The van der Waals surface area contributed by atoms with Gasteiger partial charge in [-0.1, -0.05) is 23.7 Å². The minimum atomic E-state index is -1.17. The second kappa shape index (κ2) is 6.52. The fourth-order valence-electron chi connectivity index (χ4n) is 2.59. The number of hydrogen-bond acceptors (Lipinski definition) is 5. The van der Waals surface area contributed by atoms with Crippen LogP contribution in [0, 0.1) is 0 Å². The molecule has 2 aromatic rings. The molecule has 0 radical (unpaired) electrons. The Morgan fingerprint density at radius 1 is 1.42 bits per heavy atom. The van der Waals surface area contributed by atoms with Crippen LogP contribution in [0.2, 0.25) is 5.15 Å². The van der Waals surface area contributed by atoms with Crippen LogP contribution in [0.1, 0.15) is 19.3 Å². The van der Waals surface area contributed by atoms with Crippen molar-refractivity contribution in [2.24, 2.45) is 0 Å². The number of rotatable bonds is 5. The van der Waals surface area contributed by atoms with Gasteiger partial charge in [0.25, 0.3) is 5.56 Å². The number of nitrogens with one attached hydrogen (secondary N) is 1. The molecule has 1 aliphatic rings. The number of carboxylic acids is 1. The van der Waals surface area contributed by atoms with E-state index in [1.54, 1.807) is 12.1 Å². The van der Waals surface area contributed by atoms with E-state index in [1.165, 1.54) is 12.1 Å². The average molecular weight is 350 g/mol. The third-order valence-electron chi connectivity index (χ3n) is 3.98. The van der Waals surface area contributed by atoms with Crippen LogP contribution in [0.25, 0.3) is 11.3 Å². The first-order valence-electron chi connectivity index (χ1n) is 7.54. The zero-order chi connectivity index (χ0) is 17.3. The van der Waals surface area contributed by atoms with Gasteiger partial charge >= 0.3 is 5.97 Å². The summed E-state index contributed by atoms with van der Waals surface area (Å²) in [5.41, 5.74) is 0.0345. The van der Waals surface area contributed by atoms with E-state index < -0.39 is 18.1 Å². The monoisotopic (exact) mass is 349 g/mol. The second-order valence-electron chi connectivity index (χ2n) is 5.71. The number of anilines is 1. The molecule has 1 aromatic carbocycles. The van der Waals surface area contributed by atoms with Crippen molar-refractivity contribution in [3.63, 3.8) is 0 Å². The summed E-state index contributed by atoms with van der Waals surface area (Å²) in [4.78, 5) is 28.0. The number of benzene rings is 1. The summed E-state index contributed by atoms with van der Waals surface area (Å²) < 4.78 is 1.06. The van der Waals surface area contributed by atoms with E-state index in [-0.39, 0.29) is 28.5 Å². The molecular weight excluding hydrogens is 334 g/mol. The number of aromatic hydroxyl groups is 1. The highest BCUT2D eigenvalue weighted by Crippen LogP contribution is 2.29. The van der Waals surface area contributed by atoms with Crippen LogP contribution < -0.4 is 10.9 Å². The summed E-state index contributed by atoms with van der Waals surface area (Å²) in [5.74, 6) is -1.14. The number of phenols is 1. The zero-order valence-corrected chi connectivity index (χ0v) is 13.5. The highest BCUT2D eigenvalue weighted by Gasteiger charge is 2.23. The van der Waals surface area contributed by atoms with Crippen molar-refractivity contribution in [3.8, 4) is 17.0 Å². The maximum absolute atomic E-state index is 12.7. The number of aliphatic carboxylic acids is 1. The van der Waals surface area contributed by atoms with E-state index in [4.69, 9.17) is 16.7 Å². The van der Waals surface area contributed by atoms with Gasteiger partial charge in [-0.2, -0.15) is 0 Å². The third kappa shape index (κ3) is 3.21. The molecule has 1 aromatic heterocycles. The largest absolute Gasteiger partial charge is 0.508 e. The molecule has 0 amide bonds. The van der Waals surface area contributed by atoms with Crippen LogP contribution in [-0.2, 0) is 11.3 Å².